The fourth-order valence-corrected chi connectivity index (χ4v) is 4.80. The minimum absolute atomic E-state index is 0.187. The molecule has 1 fully saturated rings. The molecular formula is C24H28O8. The van der Waals surface area contributed by atoms with Crippen LogP contribution < -0.4 is 9.47 Å². The van der Waals surface area contributed by atoms with Crippen LogP contribution in [0.3, 0.4) is 0 Å². The topological polar surface area (TPSA) is 118 Å². The molecule has 0 aliphatic carbocycles. The highest BCUT2D eigenvalue weighted by Gasteiger charge is 2.59. The van der Waals surface area contributed by atoms with Gasteiger partial charge in [-0.15, -0.1) is 0 Å². The highest BCUT2D eigenvalue weighted by molar-refractivity contribution is 5.48. The molecule has 1 unspecified atom stereocenters. The molecule has 6 atom stereocenters. The first-order chi connectivity index (χ1) is 15.3. The maximum atomic E-state index is 10.9. The lowest BCUT2D eigenvalue weighted by Gasteiger charge is -2.47. The number of aliphatic hydroxyl groups excluding tert-OH is 4. The summed E-state index contributed by atoms with van der Waals surface area (Å²) in [4.78, 5) is 0. The fraction of sp³-hybridized carbons (Fsp3) is 0.500. The smallest absolute Gasteiger partial charge is 0.225 e. The predicted molar refractivity (Wildman–Crippen MR) is 112 cm³/mol. The van der Waals surface area contributed by atoms with Crippen molar-refractivity contribution in [3.05, 3.63) is 58.1 Å². The van der Waals surface area contributed by atoms with Gasteiger partial charge in [-0.3, -0.25) is 0 Å². The van der Waals surface area contributed by atoms with Crippen LogP contribution in [0.25, 0.3) is 0 Å². The van der Waals surface area contributed by atoms with Crippen LogP contribution in [0.5, 0.6) is 11.5 Å². The molecule has 1 saturated heterocycles. The van der Waals surface area contributed by atoms with Gasteiger partial charge in [0.2, 0.25) is 5.79 Å². The van der Waals surface area contributed by atoms with Crippen molar-refractivity contribution in [3.8, 4) is 11.5 Å². The van der Waals surface area contributed by atoms with Crippen molar-refractivity contribution >= 4 is 0 Å². The predicted octanol–water partition coefficient (Wildman–Crippen LogP) is 0.902. The molecule has 32 heavy (non-hydrogen) atoms. The summed E-state index contributed by atoms with van der Waals surface area (Å²) in [6.45, 7) is 4.71. The Morgan fingerprint density at radius 1 is 1.03 bits per heavy atom. The van der Waals surface area contributed by atoms with E-state index < -0.39 is 36.3 Å². The molecule has 4 N–H and O–H groups in total. The summed E-state index contributed by atoms with van der Waals surface area (Å²) in [6.07, 6.45) is -6.06. The van der Waals surface area contributed by atoms with Gasteiger partial charge in [0.05, 0.1) is 12.7 Å². The van der Waals surface area contributed by atoms with E-state index in [0.29, 0.717) is 25.2 Å². The van der Waals surface area contributed by atoms with Crippen LogP contribution in [0.15, 0.2) is 30.3 Å². The van der Waals surface area contributed by atoms with Crippen molar-refractivity contribution < 1.29 is 39.4 Å². The lowest BCUT2D eigenvalue weighted by atomic mass is 9.84. The van der Waals surface area contributed by atoms with Crippen molar-refractivity contribution in [3.63, 3.8) is 0 Å². The molecule has 0 aromatic heterocycles. The Bertz CT molecular complexity index is 1020. The zero-order valence-corrected chi connectivity index (χ0v) is 18.0. The minimum atomic E-state index is -1.66. The lowest BCUT2D eigenvalue weighted by Crippen LogP contribution is -2.64. The first-order valence-corrected chi connectivity index (χ1v) is 10.9. The summed E-state index contributed by atoms with van der Waals surface area (Å²) >= 11 is 0. The van der Waals surface area contributed by atoms with Crippen LogP contribution in [-0.4, -0.2) is 64.2 Å². The maximum Gasteiger partial charge on any atom is 0.225 e. The second-order valence-corrected chi connectivity index (χ2v) is 8.80. The highest BCUT2D eigenvalue weighted by atomic mass is 16.7. The van der Waals surface area contributed by atoms with Gasteiger partial charge in [-0.1, -0.05) is 12.1 Å². The third kappa shape index (κ3) is 3.39. The summed E-state index contributed by atoms with van der Waals surface area (Å²) < 4.78 is 23.2. The molecule has 8 nitrogen and oxygen atoms in total. The van der Waals surface area contributed by atoms with Crippen LogP contribution in [0.1, 0.15) is 34.7 Å². The van der Waals surface area contributed by atoms with Crippen LogP contribution in [0, 0.1) is 6.92 Å². The average molecular weight is 444 g/mol. The molecule has 0 saturated carbocycles. The van der Waals surface area contributed by atoms with Crippen molar-refractivity contribution in [2.45, 2.75) is 63.2 Å². The number of fused-ring (bicyclic) bond motifs is 3. The van der Waals surface area contributed by atoms with Crippen molar-refractivity contribution in [2.24, 2.45) is 0 Å². The van der Waals surface area contributed by atoms with Gasteiger partial charge in [0.15, 0.2) is 11.5 Å². The molecule has 3 heterocycles. The normalized spacial score (nSPS) is 32.1. The Morgan fingerprint density at radius 3 is 2.53 bits per heavy atom. The Morgan fingerprint density at radius 2 is 1.78 bits per heavy atom. The number of aliphatic hydroxyl groups is 4. The third-order valence-corrected chi connectivity index (χ3v) is 6.57. The molecule has 0 bridgehead atoms. The van der Waals surface area contributed by atoms with Crippen LogP contribution >= 0.6 is 0 Å². The third-order valence-electron chi connectivity index (χ3n) is 6.57. The molecule has 5 rings (SSSR count). The van der Waals surface area contributed by atoms with E-state index >= 15 is 0 Å². The zero-order valence-electron chi connectivity index (χ0n) is 18.0. The minimum Gasteiger partial charge on any atom is -0.486 e. The standard InChI is InChI=1S/C24H28O8/c1-12-7-16-11-31-24(23(28)21(27)20(26)22(32-24)13(2)25)17(16)10-15(12)8-14-3-4-18-19(9-14)30-6-5-29-18/h3-4,7,9-10,13,20-23,25-28H,5-6,8,11H2,1-2H3/t13-,20+,21?,22-,23-,24+/m1/s1. The van der Waals surface area contributed by atoms with E-state index in [1.54, 1.807) is 0 Å². The quantitative estimate of drug-likeness (QED) is 0.552. The van der Waals surface area contributed by atoms with Crippen molar-refractivity contribution in [2.75, 3.05) is 13.2 Å². The van der Waals surface area contributed by atoms with Gasteiger partial charge in [-0.2, -0.15) is 0 Å². The van der Waals surface area contributed by atoms with Gasteiger partial charge in [0.25, 0.3) is 0 Å². The van der Waals surface area contributed by atoms with Gasteiger partial charge < -0.3 is 39.4 Å². The Labute approximate surface area is 185 Å². The van der Waals surface area contributed by atoms with E-state index in [4.69, 9.17) is 18.9 Å². The van der Waals surface area contributed by atoms with Crippen LogP contribution in [0.4, 0.5) is 0 Å². The fourth-order valence-electron chi connectivity index (χ4n) is 4.80. The van der Waals surface area contributed by atoms with E-state index in [1.807, 2.05) is 37.3 Å². The van der Waals surface area contributed by atoms with E-state index in [9.17, 15) is 20.4 Å². The molecule has 172 valence electrons. The van der Waals surface area contributed by atoms with Gasteiger partial charge >= 0.3 is 0 Å². The number of ether oxygens (including phenoxy) is 4. The number of benzene rings is 2. The van der Waals surface area contributed by atoms with E-state index in [2.05, 4.69) is 0 Å². The van der Waals surface area contributed by atoms with E-state index in [1.165, 1.54) is 6.92 Å². The molecular weight excluding hydrogens is 416 g/mol. The SMILES string of the molecule is Cc1cc2c(cc1Cc1ccc3c(c1)OCCO3)[C@]1(OC2)O[C@H]([C@@H](C)O)[C@@H](O)C(O)[C@H]1O. The van der Waals surface area contributed by atoms with E-state index in [-0.39, 0.29) is 6.61 Å². The first-order valence-electron chi connectivity index (χ1n) is 10.9. The molecule has 1 spiro atoms. The number of rotatable bonds is 3. The molecule has 3 aliphatic heterocycles. The summed E-state index contributed by atoms with van der Waals surface area (Å²) in [6, 6.07) is 9.75. The summed E-state index contributed by atoms with van der Waals surface area (Å²) in [5.41, 5.74) is 4.51. The van der Waals surface area contributed by atoms with Crippen LogP contribution in [-0.2, 0) is 28.3 Å². The summed E-state index contributed by atoms with van der Waals surface area (Å²) in [7, 11) is 0. The Kier molecular flexibility index (Phi) is 5.40. The summed E-state index contributed by atoms with van der Waals surface area (Å²) in [5.74, 6) is -0.214. The van der Waals surface area contributed by atoms with E-state index in [0.717, 1.165) is 33.8 Å². The maximum absolute atomic E-state index is 10.9. The van der Waals surface area contributed by atoms with Gasteiger partial charge in [-0.25, -0.2) is 0 Å². The lowest BCUT2D eigenvalue weighted by molar-refractivity contribution is -0.374. The van der Waals surface area contributed by atoms with Crippen LogP contribution in [0.2, 0.25) is 0 Å². The first kappa shape index (κ1) is 21.6. The average Bonchev–Trinajstić information content (AvgIpc) is 3.13. The van der Waals surface area contributed by atoms with Crippen molar-refractivity contribution in [1.82, 2.24) is 0 Å². The van der Waals surface area contributed by atoms with Gasteiger partial charge in [-0.05, 0) is 60.7 Å². The second-order valence-electron chi connectivity index (χ2n) is 8.80. The summed E-state index contributed by atoms with van der Waals surface area (Å²) in [5, 5.41) is 41.7. The number of hydrogen-bond donors (Lipinski definition) is 4. The zero-order chi connectivity index (χ0) is 22.6. The molecule has 0 radical (unpaired) electrons. The van der Waals surface area contributed by atoms with Gasteiger partial charge in [0.1, 0.15) is 37.6 Å². The second kappa shape index (κ2) is 7.98. The molecule has 2 aromatic carbocycles. The molecule has 0 amide bonds. The Balaban J connectivity index is 1.51. The molecule has 3 aliphatic rings. The van der Waals surface area contributed by atoms with Crippen molar-refractivity contribution in [1.29, 1.82) is 0 Å². The molecule has 2 aromatic rings. The largest absolute Gasteiger partial charge is 0.486 e. The molecule has 8 heteroatoms. The number of hydrogen-bond acceptors (Lipinski definition) is 8. The van der Waals surface area contributed by atoms with Gasteiger partial charge in [0, 0.05) is 5.56 Å². The highest BCUT2D eigenvalue weighted by Crippen LogP contribution is 2.47. The number of aryl methyl sites for hydroxylation is 1. The monoisotopic (exact) mass is 444 g/mol. The Hall–Kier alpha value is -2.20.